The van der Waals surface area contributed by atoms with Gasteiger partial charge >= 0.3 is 0 Å². The van der Waals surface area contributed by atoms with E-state index >= 15 is 0 Å². The van der Waals surface area contributed by atoms with E-state index in [4.69, 9.17) is 4.74 Å². The number of hydrogen-bond donors (Lipinski definition) is 0. The van der Waals surface area contributed by atoms with Gasteiger partial charge in [0.15, 0.2) is 0 Å². The maximum absolute atomic E-state index is 6.14. The van der Waals surface area contributed by atoms with Crippen LogP contribution < -0.4 is 4.74 Å². The zero-order chi connectivity index (χ0) is 21.5. The summed E-state index contributed by atoms with van der Waals surface area (Å²) in [6.45, 7) is 9.77. The third-order valence-corrected chi connectivity index (χ3v) is 7.80. The van der Waals surface area contributed by atoms with E-state index in [-0.39, 0.29) is 0 Å². The summed E-state index contributed by atoms with van der Waals surface area (Å²) in [7, 11) is 4.37. The zero-order valence-electron chi connectivity index (χ0n) is 20.2. The fourth-order valence-electron chi connectivity index (χ4n) is 5.80. The van der Waals surface area contributed by atoms with Gasteiger partial charge in [0.05, 0.1) is 6.61 Å². The first-order valence-corrected chi connectivity index (χ1v) is 13.0. The van der Waals surface area contributed by atoms with Crippen LogP contribution in [0.4, 0.5) is 0 Å². The van der Waals surface area contributed by atoms with Crippen molar-refractivity contribution in [2.45, 2.75) is 57.8 Å². The Labute approximate surface area is 190 Å². The second kappa shape index (κ2) is 11.7. The molecule has 1 aliphatic carbocycles. The molecular formula is C27H45N3O. The van der Waals surface area contributed by atoms with Crippen molar-refractivity contribution in [3.63, 3.8) is 0 Å². The Morgan fingerprint density at radius 3 is 2.52 bits per heavy atom. The van der Waals surface area contributed by atoms with Crippen LogP contribution in [0.25, 0.3) is 0 Å². The summed E-state index contributed by atoms with van der Waals surface area (Å²) < 4.78 is 6.14. The number of aryl methyl sites for hydroxylation is 1. The van der Waals surface area contributed by atoms with E-state index in [0.29, 0.717) is 0 Å². The Morgan fingerprint density at radius 1 is 0.935 bits per heavy atom. The summed E-state index contributed by atoms with van der Waals surface area (Å²) in [5, 5.41) is 0. The fraction of sp³-hybridized carbons (Fsp3) is 0.778. The number of hydrogen-bond acceptors (Lipinski definition) is 4. The number of ether oxygens (including phenoxy) is 1. The van der Waals surface area contributed by atoms with Crippen molar-refractivity contribution in [2.75, 3.05) is 66.5 Å². The molecule has 1 unspecified atom stereocenters. The first kappa shape index (κ1) is 23.1. The number of fused-ring (bicyclic) bond motifs is 1. The molecule has 3 aliphatic rings. The highest BCUT2D eigenvalue weighted by molar-refractivity contribution is 5.37. The van der Waals surface area contributed by atoms with Gasteiger partial charge in [-0.3, -0.25) is 0 Å². The highest BCUT2D eigenvalue weighted by Gasteiger charge is 2.23. The predicted octanol–water partition coefficient (Wildman–Crippen LogP) is 4.32. The Morgan fingerprint density at radius 2 is 1.74 bits per heavy atom. The second-order valence-corrected chi connectivity index (χ2v) is 10.6. The lowest BCUT2D eigenvalue weighted by Gasteiger charge is -2.32. The van der Waals surface area contributed by atoms with Crippen molar-refractivity contribution in [1.29, 1.82) is 0 Å². The van der Waals surface area contributed by atoms with Crippen LogP contribution in [0.5, 0.6) is 5.75 Å². The largest absolute Gasteiger partial charge is 0.494 e. The minimum absolute atomic E-state index is 0.844. The average molecular weight is 428 g/mol. The average Bonchev–Trinajstić information content (AvgIpc) is 3.29. The highest BCUT2D eigenvalue weighted by atomic mass is 16.5. The lowest BCUT2D eigenvalue weighted by molar-refractivity contribution is 0.161. The molecule has 0 N–H and O–H groups in total. The van der Waals surface area contributed by atoms with Gasteiger partial charge in [0, 0.05) is 13.1 Å². The summed E-state index contributed by atoms with van der Waals surface area (Å²) in [6, 6.07) is 6.89. The Hall–Kier alpha value is -1.10. The molecule has 4 rings (SSSR count). The normalized spacial score (nSPS) is 23.4. The van der Waals surface area contributed by atoms with Crippen molar-refractivity contribution in [3.8, 4) is 5.75 Å². The lowest BCUT2D eigenvalue weighted by Crippen LogP contribution is -2.35. The van der Waals surface area contributed by atoms with Crippen LogP contribution in [0, 0.1) is 11.8 Å². The van der Waals surface area contributed by atoms with Gasteiger partial charge in [-0.15, -0.1) is 0 Å². The molecule has 31 heavy (non-hydrogen) atoms. The third kappa shape index (κ3) is 7.20. The quantitative estimate of drug-likeness (QED) is 0.518. The first-order valence-electron chi connectivity index (χ1n) is 13.0. The van der Waals surface area contributed by atoms with Gasteiger partial charge in [-0.1, -0.05) is 6.07 Å². The number of piperidine rings is 1. The molecule has 0 spiro atoms. The van der Waals surface area contributed by atoms with Crippen LogP contribution in [0.3, 0.4) is 0 Å². The van der Waals surface area contributed by atoms with Crippen molar-refractivity contribution in [1.82, 2.24) is 14.7 Å². The van der Waals surface area contributed by atoms with Gasteiger partial charge in [0.25, 0.3) is 0 Å². The molecule has 4 heteroatoms. The van der Waals surface area contributed by atoms with Crippen molar-refractivity contribution >= 4 is 0 Å². The number of rotatable bonds is 10. The molecular weight excluding hydrogens is 382 g/mol. The summed E-state index contributed by atoms with van der Waals surface area (Å²) in [5.41, 5.74) is 3.11. The smallest absolute Gasteiger partial charge is 0.119 e. The fourth-order valence-corrected chi connectivity index (χ4v) is 5.80. The van der Waals surface area contributed by atoms with Crippen LogP contribution >= 0.6 is 0 Å². The Balaban J connectivity index is 1.12. The van der Waals surface area contributed by atoms with Gasteiger partial charge in [0.1, 0.15) is 5.75 Å². The number of benzene rings is 1. The van der Waals surface area contributed by atoms with E-state index in [9.17, 15) is 0 Å². The molecule has 2 fully saturated rings. The first-order chi connectivity index (χ1) is 15.2. The summed E-state index contributed by atoms with van der Waals surface area (Å²) in [4.78, 5) is 7.64. The van der Waals surface area contributed by atoms with E-state index in [1.807, 2.05) is 0 Å². The van der Waals surface area contributed by atoms with Crippen LogP contribution in [0.1, 0.15) is 56.1 Å². The zero-order valence-corrected chi connectivity index (χ0v) is 20.2. The minimum Gasteiger partial charge on any atom is -0.494 e. The maximum atomic E-state index is 6.14. The van der Waals surface area contributed by atoms with Gasteiger partial charge in [-0.25, -0.2) is 0 Å². The second-order valence-electron chi connectivity index (χ2n) is 10.6. The minimum atomic E-state index is 0.844. The lowest BCUT2D eigenvalue weighted by atomic mass is 9.83. The number of likely N-dealkylation sites (tertiary alicyclic amines) is 2. The van der Waals surface area contributed by atoms with Gasteiger partial charge in [-0.2, -0.15) is 0 Å². The molecule has 0 radical (unpaired) electrons. The molecule has 0 bridgehead atoms. The molecule has 1 aromatic carbocycles. The van der Waals surface area contributed by atoms with E-state index in [0.717, 1.165) is 30.6 Å². The molecule has 0 saturated carbocycles. The highest BCUT2D eigenvalue weighted by Crippen LogP contribution is 2.30. The van der Waals surface area contributed by atoms with Crippen LogP contribution in [0.15, 0.2) is 18.2 Å². The van der Waals surface area contributed by atoms with E-state index in [1.54, 1.807) is 5.56 Å². The van der Waals surface area contributed by atoms with Gasteiger partial charge < -0.3 is 19.4 Å². The Bertz CT molecular complexity index is 662. The molecule has 0 aromatic heterocycles. The molecule has 2 saturated heterocycles. The van der Waals surface area contributed by atoms with Crippen molar-refractivity contribution < 1.29 is 4.74 Å². The molecule has 4 nitrogen and oxygen atoms in total. The van der Waals surface area contributed by atoms with Crippen LogP contribution in [-0.2, 0) is 12.8 Å². The molecule has 2 heterocycles. The summed E-state index contributed by atoms with van der Waals surface area (Å²) in [6.07, 6.45) is 11.9. The molecule has 1 aromatic rings. The van der Waals surface area contributed by atoms with Crippen molar-refractivity contribution in [2.24, 2.45) is 11.8 Å². The monoisotopic (exact) mass is 427 g/mol. The van der Waals surface area contributed by atoms with Gasteiger partial charge in [0.2, 0.25) is 0 Å². The molecule has 0 amide bonds. The van der Waals surface area contributed by atoms with E-state index in [2.05, 4.69) is 47.0 Å². The molecule has 2 aliphatic heterocycles. The van der Waals surface area contributed by atoms with Crippen LogP contribution in [0.2, 0.25) is 0 Å². The SMILES string of the molecule is CN(C)CCC1CCN(CCCOc2ccc3c(c2)CCC(CN2CCCC2)C3)CC1. The summed E-state index contributed by atoms with van der Waals surface area (Å²) >= 11 is 0. The standard InChI is InChI=1S/C27H45N3O/c1-28(2)16-10-23-11-17-29(18-12-23)15-5-19-31-27-9-8-25-20-24(6-7-26(25)21-27)22-30-13-3-4-14-30/h8-9,21,23-24H,3-7,10-20,22H2,1-2H3. The summed E-state index contributed by atoms with van der Waals surface area (Å²) in [5.74, 6) is 2.86. The topological polar surface area (TPSA) is 19.0 Å². The van der Waals surface area contributed by atoms with Gasteiger partial charge in [-0.05, 0) is 140 Å². The number of nitrogens with zero attached hydrogens (tertiary/aromatic N) is 3. The molecule has 174 valence electrons. The van der Waals surface area contributed by atoms with Crippen LogP contribution in [-0.4, -0.2) is 81.2 Å². The van der Waals surface area contributed by atoms with Crippen molar-refractivity contribution in [3.05, 3.63) is 29.3 Å². The molecule has 1 atom stereocenters. The third-order valence-electron chi connectivity index (χ3n) is 7.80. The maximum Gasteiger partial charge on any atom is 0.119 e. The van der Waals surface area contributed by atoms with E-state index in [1.165, 1.54) is 103 Å². The van der Waals surface area contributed by atoms with E-state index < -0.39 is 0 Å². The predicted molar refractivity (Wildman–Crippen MR) is 130 cm³/mol. The Kier molecular flexibility index (Phi) is 8.69.